The number of aromatic carboxylic acids is 4. The molecule has 5 aromatic rings. The fraction of sp³-hybridized carbons (Fsp3) is 0.208. The SMILES string of the molecule is C.C.C.CSC(N)=Nc1cc(O)cc(C(=O)O)c1.NC(=S)Nc1cc(O)cc(C(=O)O)c1.NCC(O)CN.Nc1cc(O)cc(C(=O)O)c1.O=C(O)c1cc(O)cc(O)c1.O=C(OCl)c1cc(O)cc(NC2=NCC(O)CN2)c1.[HH]. The Morgan fingerprint density at radius 1 is 0.696 bits per heavy atom. The normalized spacial score (nSPS) is 11.6. The van der Waals surface area contributed by atoms with Gasteiger partial charge in [-0.3, -0.25) is 4.99 Å². The van der Waals surface area contributed by atoms with E-state index in [-0.39, 0.29) is 116 Å². The van der Waals surface area contributed by atoms with Crippen molar-refractivity contribution in [1.29, 1.82) is 0 Å². The van der Waals surface area contributed by atoms with Crippen molar-refractivity contribution in [2.75, 3.05) is 48.8 Å². The summed E-state index contributed by atoms with van der Waals surface area (Å²) < 4.78 is 4.07. The third-order valence-electron chi connectivity index (χ3n) is 8.36. The molecule has 0 spiro atoms. The number of carboxylic acids is 4. The summed E-state index contributed by atoms with van der Waals surface area (Å²) in [5, 5.41) is 115. The number of anilines is 3. The number of thiocarbonyl (C=S) groups is 1. The van der Waals surface area contributed by atoms with Crippen molar-refractivity contribution in [1.82, 2.24) is 5.32 Å². The number of amidine groups is 1. The third-order valence-corrected chi connectivity index (χ3v) is 9.11. The molecule has 1 aliphatic heterocycles. The van der Waals surface area contributed by atoms with E-state index in [1.54, 1.807) is 6.26 Å². The molecule has 6 rings (SSSR count). The highest BCUT2D eigenvalue weighted by atomic mass is 35.5. The maximum Gasteiger partial charge on any atom is 0.356 e. The van der Waals surface area contributed by atoms with Crippen LogP contribution in [0.1, 0.15) is 75.5 Å². The molecule has 28 nitrogen and oxygen atoms in total. The first-order chi connectivity index (χ1) is 35.6. The molecule has 25 N–H and O–H groups in total. The minimum absolute atomic E-state index is 0. The van der Waals surface area contributed by atoms with E-state index in [9.17, 15) is 39.3 Å². The van der Waals surface area contributed by atoms with Crippen molar-refractivity contribution in [3.8, 4) is 34.5 Å². The van der Waals surface area contributed by atoms with Crippen molar-refractivity contribution < 1.29 is 91.0 Å². The lowest BCUT2D eigenvalue weighted by Gasteiger charge is -2.20. The number of carboxylic acid groups (broad SMARTS) is 4. The van der Waals surface area contributed by atoms with Crippen LogP contribution in [0.5, 0.6) is 34.5 Å². The smallest absolute Gasteiger partial charge is 0.356 e. The van der Waals surface area contributed by atoms with E-state index >= 15 is 0 Å². The number of hydrogen-bond donors (Lipinski definition) is 20. The van der Waals surface area contributed by atoms with Gasteiger partial charge in [-0.25, -0.2) is 29.0 Å². The number of nitrogen functional groups attached to an aromatic ring is 1. The van der Waals surface area contributed by atoms with Crippen LogP contribution in [0.2, 0.25) is 0 Å². The summed E-state index contributed by atoms with van der Waals surface area (Å²) in [6.07, 6.45) is 0.723. The van der Waals surface area contributed by atoms with E-state index in [0.717, 1.165) is 36.4 Å². The number of carbonyl (C=O) groups is 5. The number of nitrogens with one attached hydrogen (secondary N) is 3. The first-order valence-corrected chi connectivity index (χ1v) is 22.7. The van der Waals surface area contributed by atoms with Crippen LogP contribution >= 0.6 is 35.8 Å². The standard InChI is InChI=1S/C11H12ClN3O4.C9H10N2O3S.C8H8N2O3S.C7H7NO3.C7H6O4.C3H10N2O.3CH4.H2/c12-19-10(18)6-1-7(3-8(16)2-6)15-11-13-4-9(17)5-14-11;1-15-9(10)11-6-2-5(8(13)14)3-7(12)4-6;9-8(14)10-5-1-4(7(12)13)2-6(11)3-5;2*8-5-1-4(7(10)11)2-6(9)3-5;4-1-3(6)2-5;;;;/h1-3,9,16-17H,4-5H2,(H2,13,14,15);2-4,12H,1H3,(H2,10,11)(H,13,14);1-3,11H,(H,12,13)(H3,9,10,14);1-3,9H,8H2,(H,10,11);1-3,8-9H,(H,10,11);3,6H,1-2,4-5H2;3*1H4;1H. The number of aliphatic imine (C=N–C) groups is 2. The van der Waals surface area contributed by atoms with E-state index in [2.05, 4.69) is 42.4 Å². The van der Waals surface area contributed by atoms with Gasteiger partial charge in [-0.2, -0.15) is 0 Å². The predicted molar refractivity (Wildman–Crippen MR) is 307 cm³/mol. The molecule has 0 saturated carbocycles. The van der Waals surface area contributed by atoms with Crippen LogP contribution in [-0.4, -0.2) is 152 Å². The summed E-state index contributed by atoms with van der Waals surface area (Å²) >= 11 is 10.8. The molecule has 1 heterocycles. The molecule has 1 atom stereocenters. The van der Waals surface area contributed by atoms with Gasteiger partial charge in [0.05, 0.1) is 52.3 Å². The summed E-state index contributed by atoms with van der Waals surface area (Å²) in [7, 11) is 0. The number of hydrogen-bond acceptors (Lipinski definition) is 23. The lowest BCUT2D eigenvalue weighted by molar-refractivity contribution is 0.0685. The summed E-state index contributed by atoms with van der Waals surface area (Å²) in [6.45, 7) is 1.18. The molecule has 0 amide bonds. The van der Waals surface area contributed by atoms with Crippen molar-refractivity contribution in [2.24, 2.45) is 32.9 Å². The number of aliphatic hydroxyl groups is 2. The van der Waals surface area contributed by atoms with Crippen LogP contribution in [0.25, 0.3) is 0 Å². The molecular formula is C48H67ClN10O18S2. The number of nitrogens with two attached hydrogens (primary N) is 5. The summed E-state index contributed by atoms with van der Waals surface area (Å²) in [4.78, 5) is 61.1. The highest BCUT2D eigenvalue weighted by Crippen LogP contribution is 2.25. The zero-order valence-corrected chi connectivity index (χ0v) is 41.8. The highest BCUT2D eigenvalue weighted by Gasteiger charge is 2.15. The molecular weight excluding hydrogens is 1100 g/mol. The Kier molecular flexibility index (Phi) is 35.4. The number of phenolic OH excluding ortho intramolecular Hbond substituents is 6. The van der Waals surface area contributed by atoms with Gasteiger partial charge in [-0.05, 0) is 79.1 Å². The van der Waals surface area contributed by atoms with Crippen LogP contribution in [0, 0.1) is 0 Å². The van der Waals surface area contributed by atoms with Crippen molar-refractivity contribution in [3.05, 3.63) is 119 Å². The summed E-state index contributed by atoms with van der Waals surface area (Å²) in [5.41, 5.74) is 27.1. The monoisotopic (exact) mass is 1170 g/mol. The topological polar surface area (TPSA) is 528 Å². The number of thioether (sulfide) groups is 1. The number of β-amino-alcohol motifs (C(OH)–C–C–N with tert-alkyl or cyclic N) is 1. The molecule has 0 saturated heterocycles. The second-order valence-corrected chi connectivity index (χ2v) is 16.0. The zero-order valence-electron chi connectivity index (χ0n) is 39.4. The van der Waals surface area contributed by atoms with Gasteiger partial charge >= 0.3 is 29.8 Å². The number of phenols is 6. The van der Waals surface area contributed by atoms with Crippen LogP contribution in [0.15, 0.2) is 101 Å². The van der Waals surface area contributed by atoms with Gasteiger partial charge in [0.15, 0.2) is 16.2 Å². The molecule has 1 unspecified atom stereocenters. The molecule has 5 aromatic carbocycles. The van der Waals surface area contributed by atoms with Crippen LogP contribution < -0.4 is 44.6 Å². The van der Waals surface area contributed by atoms with Gasteiger partial charge in [0.25, 0.3) is 0 Å². The molecule has 79 heavy (non-hydrogen) atoms. The zero-order chi connectivity index (χ0) is 57.8. The Bertz CT molecular complexity index is 2790. The highest BCUT2D eigenvalue weighted by molar-refractivity contribution is 8.13. The molecule has 31 heteroatoms. The summed E-state index contributed by atoms with van der Waals surface area (Å²) in [6, 6.07) is 18.6. The quantitative estimate of drug-likeness (QED) is 0.0397. The molecule has 1 aliphatic rings. The van der Waals surface area contributed by atoms with E-state index in [0.29, 0.717) is 34.7 Å². The van der Waals surface area contributed by atoms with Gasteiger partial charge in [-0.1, -0.05) is 34.0 Å². The number of aliphatic hydroxyl groups excluding tert-OH is 2. The molecule has 0 bridgehead atoms. The minimum atomic E-state index is -1.18. The molecule has 0 radical (unpaired) electrons. The van der Waals surface area contributed by atoms with Crippen molar-refractivity contribution in [3.63, 3.8) is 0 Å². The number of carbonyl (C=O) groups excluding carboxylic acids is 1. The molecule has 0 aliphatic carbocycles. The Morgan fingerprint density at radius 3 is 1.51 bits per heavy atom. The van der Waals surface area contributed by atoms with Gasteiger partial charge in [-0.15, -0.1) is 0 Å². The largest absolute Gasteiger partial charge is 0.508 e. The number of nitrogens with zero attached hydrogens (tertiary/aromatic N) is 2. The van der Waals surface area contributed by atoms with Crippen molar-refractivity contribution >= 4 is 105 Å². The first-order valence-electron chi connectivity index (χ1n) is 20.8. The number of benzene rings is 5. The fourth-order valence-corrected chi connectivity index (χ4v) is 5.48. The molecule has 0 aromatic heterocycles. The van der Waals surface area contributed by atoms with Crippen molar-refractivity contribution in [2.45, 2.75) is 34.5 Å². The number of guanidine groups is 1. The molecule has 436 valence electrons. The van der Waals surface area contributed by atoms with Gasteiger partial charge < -0.3 is 110 Å². The van der Waals surface area contributed by atoms with Gasteiger partial charge in [0.1, 0.15) is 46.4 Å². The van der Waals surface area contributed by atoms with Crippen LogP contribution in [-0.2, 0) is 4.29 Å². The maximum atomic E-state index is 11.3. The Morgan fingerprint density at radius 2 is 1.10 bits per heavy atom. The lowest BCUT2D eigenvalue weighted by Crippen LogP contribution is -2.42. The Balaban J connectivity index is -0.000000440. The predicted octanol–water partition coefficient (Wildman–Crippen LogP) is 4.47. The van der Waals surface area contributed by atoms with Crippen LogP contribution in [0.3, 0.4) is 0 Å². The van der Waals surface area contributed by atoms with E-state index < -0.39 is 42.1 Å². The lowest BCUT2D eigenvalue weighted by atomic mass is 10.2. The summed E-state index contributed by atoms with van der Waals surface area (Å²) in [5.74, 6) is -5.95. The Hall–Kier alpha value is -9.04. The maximum absolute atomic E-state index is 11.3. The number of rotatable bonds is 10. The third kappa shape index (κ3) is 30.3. The minimum Gasteiger partial charge on any atom is -0.508 e. The van der Waals surface area contributed by atoms with E-state index in [1.807, 2.05) is 0 Å². The fourth-order valence-electron chi connectivity index (χ4n) is 5.08. The second kappa shape index (κ2) is 37.7. The average molecular weight is 1170 g/mol. The van der Waals surface area contributed by atoms with E-state index in [4.69, 9.17) is 86.5 Å². The Labute approximate surface area is 468 Å². The van der Waals surface area contributed by atoms with Crippen LogP contribution in [0.4, 0.5) is 22.7 Å². The second-order valence-electron chi connectivity index (χ2n) is 14.5. The molecule has 0 fully saturated rings. The van der Waals surface area contributed by atoms with E-state index in [1.165, 1.54) is 66.4 Å². The number of halogens is 1. The number of aromatic hydroxyl groups is 6. The van der Waals surface area contributed by atoms with Gasteiger partial charge in [0.2, 0.25) is 0 Å². The average Bonchev–Trinajstić information content (AvgIpc) is 3.33. The first kappa shape index (κ1) is 74.2. The van der Waals surface area contributed by atoms with Gasteiger partial charge in [0, 0.05) is 68.5 Å².